The highest BCUT2D eigenvalue weighted by Gasteiger charge is 2.49. The van der Waals surface area contributed by atoms with Crippen LogP contribution in [-0.2, 0) is 0 Å². The summed E-state index contributed by atoms with van der Waals surface area (Å²) in [5.41, 5.74) is 1.97. The number of benzene rings is 2. The lowest BCUT2D eigenvalue weighted by Crippen LogP contribution is -3.21. The van der Waals surface area contributed by atoms with Crippen molar-refractivity contribution in [3.63, 3.8) is 0 Å². The summed E-state index contributed by atoms with van der Waals surface area (Å²) in [7, 11) is 0. The highest BCUT2D eigenvalue weighted by molar-refractivity contribution is 6.26. The highest BCUT2D eigenvalue weighted by Crippen LogP contribution is 2.36. The number of rotatable bonds is 2. The van der Waals surface area contributed by atoms with Gasteiger partial charge in [-0.2, -0.15) is 4.90 Å². The topological polar surface area (TPSA) is 78.9 Å². The summed E-state index contributed by atoms with van der Waals surface area (Å²) in [6, 6.07) is 6.89. The van der Waals surface area contributed by atoms with Crippen LogP contribution in [0.2, 0.25) is 0 Å². The van der Waals surface area contributed by atoms with Crippen molar-refractivity contribution in [3.8, 4) is 0 Å². The fourth-order valence-corrected chi connectivity index (χ4v) is 5.04. The number of aliphatic hydroxyl groups is 1. The van der Waals surface area contributed by atoms with Gasteiger partial charge in [0.15, 0.2) is 6.04 Å². The van der Waals surface area contributed by atoms with Crippen LogP contribution in [-0.4, -0.2) is 45.4 Å². The zero-order valence-corrected chi connectivity index (χ0v) is 15.3. The van der Waals surface area contributed by atoms with E-state index in [0.717, 1.165) is 38.5 Å². The summed E-state index contributed by atoms with van der Waals surface area (Å²) in [6.45, 7) is 0. The summed E-state index contributed by atoms with van der Waals surface area (Å²) in [5, 5.41) is 11.9. The third kappa shape index (κ3) is 1.81. The van der Waals surface area contributed by atoms with E-state index in [1.807, 2.05) is 0 Å². The first kappa shape index (κ1) is 16.1. The van der Waals surface area contributed by atoms with Crippen molar-refractivity contribution >= 4 is 34.4 Å². The van der Waals surface area contributed by atoms with Crippen LogP contribution in [0.3, 0.4) is 0 Å². The van der Waals surface area contributed by atoms with Gasteiger partial charge in [0.25, 0.3) is 0 Å². The number of nitrogens with one attached hydrogen (secondary N) is 1. The molecule has 0 saturated heterocycles. The fraction of sp³-hybridized carbons (Fsp3) is 0.364. The number of imide groups is 1. The first-order valence-corrected chi connectivity index (χ1v) is 10.0. The van der Waals surface area contributed by atoms with Crippen LogP contribution in [0.15, 0.2) is 24.3 Å². The quantitative estimate of drug-likeness (QED) is 0.616. The van der Waals surface area contributed by atoms with E-state index < -0.39 is 0 Å². The van der Waals surface area contributed by atoms with Gasteiger partial charge in [-0.15, -0.1) is 4.58 Å². The van der Waals surface area contributed by atoms with Crippen LogP contribution in [0.4, 0.5) is 0 Å². The molecular formula is C22H20N2O4+2. The van der Waals surface area contributed by atoms with E-state index in [4.69, 9.17) is 0 Å². The Morgan fingerprint density at radius 3 is 1.86 bits per heavy atom. The lowest BCUT2D eigenvalue weighted by molar-refractivity contribution is -0.763. The SMILES string of the molecule is O=C1c2ccc3c4c(ccc(c24)C(O)=[N+]1C1CCC1)C(=O)[NH+](C1CCC1)C3=O. The van der Waals surface area contributed by atoms with Gasteiger partial charge < -0.3 is 5.11 Å². The molecule has 0 radical (unpaired) electrons. The first-order chi connectivity index (χ1) is 13.6. The van der Waals surface area contributed by atoms with Crippen LogP contribution < -0.4 is 4.90 Å². The molecule has 1 atom stereocenters. The average molecular weight is 376 g/mol. The second-order valence-electron chi connectivity index (χ2n) is 8.35. The van der Waals surface area contributed by atoms with E-state index in [1.165, 1.54) is 4.58 Å². The molecule has 4 aliphatic rings. The molecule has 2 aromatic carbocycles. The highest BCUT2D eigenvalue weighted by atomic mass is 16.3. The molecular weight excluding hydrogens is 356 g/mol. The minimum absolute atomic E-state index is 0.0183. The standard InChI is InChI=1S/C22H18N2O4/c25-19-13-7-9-15-18-16(22(28)24(21(15)27)12-5-2-6-12)10-8-14(17(13)18)20(26)23(19)11-3-1-4-11/h7-12H,1-6H2/p+2. The normalized spacial score (nSPS) is 24.6. The number of aliphatic hydroxyl groups excluding tert-OH is 1. The van der Waals surface area contributed by atoms with Gasteiger partial charge in [0.2, 0.25) is 0 Å². The Kier molecular flexibility index (Phi) is 3.08. The zero-order chi connectivity index (χ0) is 19.2. The number of quaternary nitrogens is 1. The van der Waals surface area contributed by atoms with Crippen molar-refractivity contribution in [1.82, 2.24) is 0 Å². The molecule has 6 rings (SSSR count). The molecule has 2 fully saturated rings. The average Bonchev–Trinajstić information content (AvgIpc) is 2.61. The van der Waals surface area contributed by atoms with Gasteiger partial charge >= 0.3 is 23.6 Å². The molecule has 2 aromatic rings. The van der Waals surface area contributed by atoms with Crippen molar-refractivity contribution < 1.29 is 29.0 Å². The van der Waals surface area contributed by atoms with Gasteiger partial charge in [0.05, 0.1) is 22.3 Å². The van der Waals surface area contributed by atoms with E-state index in [1.54, 1.807) is 24.3 Å². The van der Waals surface area contributed by atoms with Crippen molar-refractivity contribution in [1.29, 1.82) is 0 Å². The molecule has 0 spiro atoms. The Morgan fingerprint density at radius 2 is 1.32 bits per heavy atom. The molecule has 140 valence electrons. The van der Waals surface area contributed by atoms with Gasteiger partial charge in [0, 0.05) is 36.5 Å². The second kappa shape index (κ2) is 5.35. The minimum atomic E-state index is -0.243. The van der Waals surface area contributed by atoms with E-state index >= 15 is 0 Å². The van der Waals surface area contributed by atoms with E-state index in [2.05, 4.69) is 0 Å². The molecule has 28 heavy (non-hydrogen) atoms. The van der Waals surface area contributed by atoms with E-state index in [0.29, 0.717) is 37.9 Å². The van der Waals surface area contributed by atoms with Crippen LogP contribution in [0.1, 0.15) is 75.2 Å². The number of hydrogen-bond acceptors (Lipinski definition) is 3. The Balaban J connectivity index is 1.63. The summed E-state index contributed by atoms with van der Waals surface area (Å²) in [6.07, 6.45) is 5.60. The summed E-state index contributed by atoms with van der Waals surface area (Å²) in [4.78, 5) is 39.8. The number of carbonyl (C=O) groups excluding carboxylic acids is 3. The van der Waals surface area contributed by atoms with Crippen molar-refractivity contribution in [2.24, 2.45) is 0 Å². The van der Waals surface area contributed by atoms with Gasteiger partial charge in [-0.05, 0) is 37.1 Å². The number of nitrogens with zero attached hydrogens (tertiary/aromatic N) is 1. The van der Waals surface area contributed by atoms with Crippen LogP contribution in [0.25, 0.3) is 10.8 Å². The first-order valence-electron chi connectivity index (χ1n) is 10.0. The fourth-order valence-electron chi connectivity index (χ4n) is 5.04. The summed E-state index contributed by atoms with van der Waals surface area (Å²) >= 11 is 0. The van der Waals surface area contributed by atoms with Gasteiger partial charge in [-0.25, -0.2) is 14.4 Å². The lowest BCUT2D eigenvalue weighted by atomic mass is 9.83. The van der Waals surface area contributed by atoms with Crippen molar-refractivity contribution in [3.05, 3.63) is 46.5 Å². The smallest absolute Gasteiger partial charge is 0.423 e. The number of hydrogen-bond donors (Lipinski definition) is 2. The summed E-state index contributed by atoms with van der Waals surface area (Å²) < 4.78 is 1.49. The monoisotopic (exact) mass is 376 g/mol. The molecule has 2 N–H and O–H groups in total. The minimum Gasteiger partial charge on any atom is -0.459 e. The molecule has 2 saturated carbocycles. The molecule has 0 aromatic heterocycles. The predicted molar refractivity (Wildman–Crippen MR) is 100 cm³/mol. The van der Waals surface area contributed by atoms with Gasteiger partial charge in [-0.1, -0.05) is 0 Å². The Hall–Kier alpha value is -2.86. The third-order valence-electron chi connectivity index (χ3n) is 7.01. The van der Waals surface area contributed by atoms with Crippen molar-refractivity contribution in [2.45, 2.75) is 50.6 Å². The summed E-state index contributed by atoms with van der Waals surface area (Å²) in [5.74, 6) is -0.717. The lowest BCUT2D eigenvalue weighted by Gasteiger charge is -2.33. The van der Waals surface area contributed by atoms with Crippen LogP contribution in [0, 0.1) is 0 Å². The molecule has 1 unspecified atom stereocenters. The maximum absolute atomic E-state index is 13.1. The maximum Gasteiger partial charge on any atom is 0.423 e. The Bertz CT molecular complexity index is 1130. The van der Waals surface area contributed by atoms with E-state index in [9.17, 15) is 19.5 Å². The second-order valence-corrected chi connectivity index (χ2v) is 8.35. The van der Waals surface area contributed by atoms with Crippen LogP contribution in [0.5, 0.6) is 0 Å². The predicted octanol–water partition coefficient (Wildman–Crippen LogP) is 1.59. The molecule has 6 heteroatoms. The number of carbonyl (C=O) groups is 3. The Labute approximate surface area is 161 Å². The molecule has 2 aliphatic carbocycles. The van der Waals surface area contributed by atoms with E-state index in [-0.39, 0.29) is 35.7 Å². The Morgan fingerprint density at radius 1 is 0.786 bits per heavy atom. The van der Waals surface area contributed by atoms with Crippen molar-refractivity contribution in [2.75, 3.05) is 0 Å². The van der Waals surface area contributed by atoms with Gasteiger partial charge in [0.1, 0.15) is 6.04 Å². The molecule has 0 bridgehead atoms. The molecule has 6 nitrogen and oxygen atoms in total. The third-order valence-corrected chi connectivity index (χ3v) is 7.01. The van der Waals surface area contributed by atoms with Gasteiger partial charge in [-0.3, -0.25) is 0 Å². The molecule has 2 heterocycles. The molecule has 3 amide bonds. The number of amides is 3. The maximum atomic E-state index is 13.1. The molecule has 2 aliphatic heterocycles. The largest absolute Gasteiger partial charge is 0.459 e. The zero-order valence-electron chi connectivity index (χ0n) is 15.3. The van der Waals surface area contributed by atoms with Crippen LogP contribution >= 0.6 is 0 Å².